The van der Waals surface area contributed by atoms with E-state index in [1.54, 1.807) is 19.2 Å². The Kier molecular flexibility index (Phi) is 5.06. The summed E-state index contributed by atoms with van der Waals surface area (Å²) in [5, 5.41) is 11.9. The van der Waals surface area contributed by atoms with Crippen LogP contribution in [-0.2, 0) is 16.0 Å². The fourth-order valence-corrected chi connectivity index (χ4v) is 3.79. The van der Waals surface area contributed by atoms with Gasteiger partial charge in [0.1, 0.15) is 5.75 Å². The zero-order valence-electron chi connectivity index (χ0n) is 14.3. The summed E-state index contributed by atoms with van der Waals surface area (Å²) in [5.41, 5.74) is 1.60. The zero-order chi connectivity index (χ0) is 18.0. The molecule has 1 aromatic carbocycles. The highest BCUT2D eigenvalue weighted by Crippen LogP contribution is 2.30. The molecule has 134 valence electrons. The molecule has 0 aromatic heterocycles. The molecule has 3 rings (SSSR count). The van der Waals surface area contributed by atoms with Gasteiger partial charge in [-0.2, -0.15) is 0 Å². The molecule has 1 amide bonds. The molecule has 0 spiro atoms. The normalized spacial score (nSPS) is 25.8. The van der Waals surface area contributed by atoms with Crippen molar-refractivity contribution in [1.82, 2.24) is 5.32 Å². The lowest BCUT2D eigenvalue weighted by Gasteiger charge is -2.29. The lowest BCUT2D eigenvalue weighted by Crippen LogP contribution is -2.46. The first-order valence-electron chi connectivity index (χ1n) is 8.74. The maximum Gasteiger partial charge on any atom is 0.306 e. The van der Waals surface area contributed by atoms with Gasteiger partial charge in [0.15, 0.2) is 5.78 Å². The van der Waals surface area contributed by atoms with Crippen LogP contribution in [0.5, 0.6) is 5.75 Å². The van der Waals surface area contributed by atoms with Crippen molar-refractivity contribution >= 4 is 17.7 Å². The van der Waals surface area contributed by atoms with Crippen LogP contribution in [0.3, 0.4) is 0 Å². The minimum absolute atomic E-state index is 0.0588. The Morgan fingerprint density at radius 1 is 1.12 bits per heavy atom. The Morgan fingerprint density at radius 3 is 2.44 bits per heavy atom. The summed E-state index contributed by atoms with van der Waals surface area (Å²) in [4.78, 5) is 36.1. The van der Waals surface area contributed by atoms with E-state index in [0.717, 1.165) is 17.7 Å². The number of nitrogens with one attached hydrogen (secondary N) is 1. The average molecular weight is 345 g/mol. The van der Waals surface area contributed by atoms with Crippen molar-refractivity contribution in [2.45, 2.75) is 44.6 Å². The summed E-state index contributed by atoms with van der Waals surface area (Å²) < 4.78 is 5.19. The quantitative estimate of drug-likeness (QED) is 0.873. The molecule has 2 aliphatic rings. The fraction of sp³-hybridized carbons (Fsp3) is 0.526. The van der Waals surface area contributed by atoms with Crippen LogP contribution >= 0.6 is 0 Å². The fourth-order valence-electron chi connectivity index (χ4n) is 3.79. The number of hydrogen-bond donors (Lipinski definition) is 2. The molecule has 0 heterocycles. The summed E-state index contributed by atoms with van der Waals surface area (Å²) in [6.45, 7) is 0. The lowest BCUT2D eigenvalue weighted by atomic mass is 9.81. The molecule has 2 aliphatic carbocycles. The Hall–Kier alpha value is -2.37. The summed E-state index contributed by atoms with van der Waals surface area (Å²) >= 11 is 0. The van der Waals surface area contributed by atoms with Crippen LogP contribution < -0.4 is 10.1 Å². The summed E-state index contributed by atoms with van der Waals surface area (Å²) in [6, 6.07) is 4.89. The van der Waals surface area contributed by atoms with Crippen LogP contribution in [0.4, 0.5) is 0 Å². The number of aryl methyl sites for hydroxylation is 1. The first kappa shape index (κ1) is 17.5. The van der Waals surface area contributed by atoms with Gasteiger partial charge in [-0.3, -0.25) is 14.4 Å². The molecule has 0 bridgehead atoms. The summed E-state index contributed by atoms with van der Waals surface area (Å²) in [7, 11) is 1.59. The predicted molar refractivity (Wildman–Crippen MR) is 90.7 cm³/mol. The lowest BCUT2D eigenvalue weighted by molar-refractivity contribution is -0.144. The molecule has 6 nitrogen and oxygen atoms in total. The largest absolute Gasteiger partial charge is 0.497 e. The van der Waals surface area contributed by atoms with Crippen LogP contribution in [0.25, 0.3) is 0 Å². The van der Waals surface area contributed by atoms with E-state index in [1.165, 1.54) is 0 Å². The number of benzene rings is 1. The highest BCUT2D eigenvalue weighted by molar-refractivity contribution is 6.04. The third-order valence-electron chi connectivity index (χ3n) is 5.36. The number of ether oxygens (including phenoxy) is 1. The number of ketones is 1. The monoisotopic (exact) mass is 345 g/mol. The third-order valence-corrected chi connectivity index (χ3v) is 5.36. The topological polar surface area (TPSA) is 92.7 Å². The summed E-state index contributed by atoms with van der Waals surface area (Å²) in [5.74, 6) is -0.781. The SMILES string of the molecule is COc1ccc2c(c1)CCC(NC(=O)C1CCC(C(=O)O)CC1)C2=O. The number of aliphatic carboxylic acids is 1. The van der Waals surface area contributed by atoms with E-state index in [9.17, 15) is 14.4 Å². The molecule has 25 heavy (non-hydrogen) atoms. The molecule has 0 aliphatic heterocycles. The molecular formula is C19H23NO5. The van der Waals surface area contributed by atoms with Gasteiger partial charge >= 0.3 is 5.97 Å². The van der Waals surface area contributed by atoms with E-state index in [-0.39, 0.29) is 23.5 Å². The van der Waals surface area contributed by atoms with E-state index >= 15 is 0 Å². The van der Waals surface area contributed by atoms with Gasteiger partial charge in [0.25, 0.3) is 0 Å². The van der Waals surface area contributed by atoms with Crippen molar-refractivity contribution in [2.75, 3.05) is 7.11 Å². The maximum atomic E-state index is 12.6. The number of Topliss-reactive ketones (excluding diaryl/α,β-unsaturated/α-hetero) is 1. The minimum atomic E-state index is -0.784. The van der Waals surface area contributed by atoms with Gasteiger partial charge in [0, 0.05) is 11.5 Å². The van der Waals surface area contributed by atoms with Gasteiger partial charge in [-0.1, -0.05) is 0 Å². The Morgan fingerprint density at radius 2 is 1.80 bits per heavy atom. The van der Waals surface area contributed by atoms with Crippen molar-refractivity contribution in [3.8, 4) is 5.75 Å². The van der Waals surface area contributed by atoms with Crippen molar-refractivity contribution in [3.05, 3.63) is 29.3 Å². The van der Waals surface area contributed by atoms with E-state index in [4.69, 9.17) is 9.84 Å². The van der Waals surface area contributed by atoms with Gasteiger partial charge in [0.2, 0.25) is 5.91 Å². The van der Waals surface area contributed by atoms with E-state index in [2.05, 4.69) is 5.32 Å². The smallest absolute Gasteiger partial charge is 0.306 e. The average Bonchev–Trinajstić information content (AvgIpc) is 2.63. The Bertz CT molecular complexity index is 691. The maximum absolute atomic E-state index is 12.6. The second-order valence-electron chi connectivity index (χ2n) is 6.87. The molecule has 6 heteroatoms. The van der Waals surface area contributed by atoms with Crippen LogP contribution in [-0.4, -0.2) is 35.9 Å². The van der Waals surface area contributed by atoms with Crippen molar-refractivity contribution in [3.63, 3.8) is 0 Å². The molecule has 1 atom stereocenters. The van der Waals surface area contributed by atoms with Crippen LogP contribution in [0.1, 0.15) is 48.0 Å². The molecule has 1 saturated carbocycles. The number of rotatable bonds is 4. The standard InChI is InChI=1S/C19H23NO5/c1-25-14-7-8-15-13(10-14)6-9-16(17(15)21)20-18(22)11-2-4-12(5-3-11)19(23)24/h7-8,10-12,16H,2-6,9H2,1H3,(H,20,22)(H,23,24). The Labute approximate surface area is 146 Å². The van der Waals surface area contributed by atoms with Gasteiger partial charge in [-0.15, -0.1) is 0 Å². The third kappa shape index (κ3) is 3.67. The van der Waals surface area contributed by atoms with E-state index < -0.39 is 12.0 Å². The molecule has 2 N–H and O–H groups in total. The number of carbonyl (C=O) groups excluding carboxylic acids is 2. The number of carboxylic acid groups (broad SMARTS) is 1. The number of methoxy groups -OCH3 is 1. The molecular weight excluding hydrogens is 322 g/mol. The van der Waals surface area contributed by atoms with Gasteiger partial charge in [0.05, 0.1) is 19.1 Å². The number of hydrogen-bond acceptors (Lipinski definition) is 4. The number of carbonyl (C=O) groups is 3. The molecule has 0 saturated heterocycles. The van der Waals surface area contributed by atoms with Crippen LogP contribution in [0.2, 0.25) is 0 Å². The van der Waals surface area contributed by atoms with Crippen molar-refractivity contribution in [2.24, 2.45) is 11.8 Å². The minimum Gasteiger partial charge on any atom is -0.497 e. The highest BCUT2D eigenvalue weighted by atomic mass is 16.5. The number of amides is 1. The highest BCUT2D eigenvalue weighted by Gasteiger charge is 2.33. The number of carboxylic acids is 1. The molecule has 1 fully saturated rings. The van der Waals surface area contributed by atoms with E-state index in [0.29, 0.717) is 37.7 Å². The second-order valence-corrected chi connectivity index (χ2v) is 6.87. The van der Waals surface area contributed by atoms with E-state index in [1.807, 2.05) is 6.07 Å². The van der Waals surface area contributed by atoms with Gasteiger partial charge < -0.3 is 15.2 Å². The summed E-state index contributed by atoms with van der Waals surface area (Å²) in [6.07, 6.45) is 3.47. The van der Waals surface area contributed by atoms with Gasteiger partial charge in [-0.05, 0) is 62.3 Å². The van der Waals surface area contributed by atoms with Crippen LogP contribution in [0, 0.1) is 11.8 Å². The zero-order valence-corrected chi connectivity index (χ0v) is 14.3. The van der Waals surface area contributed by atoms with Crippen molar-refractivity contribution < 1.29 is 24.2 Å². The number of fused-ring (bicyclic) bond motifs is 1. The van der Waals surface area contributed by atoms with Crippen molar-refractivity contribution in [1.29, 1.82) is 0 Å². The van der Waals surface area contributed by atoms with Gasteiger partial charge in [-0.25, -0.2) is 0 Å². The predicted octanol–water partition coefficient (Wildman–Crippen LogP) is 2.20. The second kappa shape index (κ2) is 7.25. The molecule has 1 aromatic rings. The molecule has 0 radical (unpaired) electrons. The van der Waals surface area contributed by atoms with Crippen LogP contribution in [0.15, 0.2) is 18.2 Å². The first-order valence-corrected chi connectivity index (χ1v) is 8.74. The first-order chi connectivity index (χ1) is 12.0. The molecule has 1 unspecified atom stereocenters. The Balaban J connectivity index is 1.61.